The molecule has 0 aromatic heterocycles. The van der Waals surface area contributed by atoms with Crippen LogP contribution in [0.5, 0.6) is 5.75 Å². The van der Waals surface area contributed by atoms with Crippen LogP contribution in [0.25, 0.3) is 10.8 Å². The van der Waals surface area contributed by atoms with E-state index in [0.717, 1.165) is 11.8 Å². The van der Waals surface area contributed by atoms with Gasteiger partial charge in [-0.05, 0) is 66.7 Å². The van der Waals surface area contributed by atoms with E-state index in [1.807, 2.05) is 24.3 Å². The second-order valence-corrected chi connectivity index (χ2v) is 10.3. The number of hydrogen-bond acceptors (Lipinski definition) is 5. The number of esters is 1. The number of ketones is 1. The van der Waals surface area contributed by atoms with Gasteiger partial charge in [0.25, 0.3) is 0 Å². The summed E-state index contributed by atoms with van der Waals surface area (Å²) < 4.78 is 5.78. The van der Waals surface area contributed by atoms with Crippen LogP contribution in [0, 0.1) is 35.5 Å². The number of Topliss-reactive ketones (excluding diaryl/α,β-unsaturated/α-hetero) is 1. The summed E-state index contributed by atoms with van der Waals surface area (Å²) in [6.07, 6.45) is 5.38. The van der Waals surface area contributed by atoms with Crippen molar-refractivity contribution in [2.45, 2.75) is 13.3 Å². The molecule has 2 amide bonds. The van der Waals surface area contributed by atoms with Crippen molar-refractivity contribution in [3.8, 4) is 5.75 Å². The van der Waals surface area contributed by atoms with Crippen molar-refractivity contribution in [2.75, 3.05) is 4.90 Å². The Kier molecular flexibility index (Phi) is 4.41. The summed E-state index contributed by atoms with van der Waals surface area (Å²) in [5, 5.41) is 1.50. The highest BCUT2D eigenvalue weighted by Crippen LogP contribution is 2.65. The van der Waals surface area contributed by atoms with Gasteiger partial charge in [0.05, 0.1) is 28.7 Å². The Bertz CT molecular complexity index is 1500. The minimum absolute atomic E-state index is 0.135. The minimum atomic E-state index is -0.657. The van der Waals surface area contributed by atoms with E-state index in [9.17, 15) is 19.2 Å². The van der Waals surface area contributed by atoms with Gasteiger partial charge in [-0.25, -0.2) is 9.69 Å². The van der Waals surface area contributed by atoms with Crippen molar-refractivity contribution >= 4 is 40.0 Å². The van der Waals surface area contributed by atoms with E-state index >= 15 is 0 Å². The van der Waals surface area contributed by atoms with Crippen molar-refractivity contribution < 1.29 is 23.9 Å². The monoisotopic (exact) mass is 477 g/mol. The zero-order valence-corrected chi connectivity index (χ0v) is 19.6. The van der Waals surface area contributed by atoms with Gasteiger partial charge in [-0.1, -0.05) is 48.6 Å². The lowest BCUT2D eigenvalue weighted by molar-refractivity contribution is -0.124. The van der Waals surface area contributed by atoms with Crippen molar-refractivity contribution in [1.29, 1.82) is 0 Å². The van der Waals surface area contributed by atoms with E-state index in [1.54, 1.807) is 30.3 Å². The first-order valence-electron chi connectivity index (χ1n) is 12.3. The van der Waals surface area contributed by atoms with Crippen LogP contribution < -0.4 is 9.64 Å². The normalized spacial score (nSPS) is 29.3. The smallest absolute Gasteiger partial charge is 0.343 e. The largest absolute Gasteiger partial charge is 0.421 e. The molecule has 3 fully saturated rings. The van der Waals surface area contributed by atoms with Gasteiger partial charge in [0.2, 0.25) is 11.8 Å². The number of anilines is 1. The quantitative estimate of drug-likeness (QED) is 0.177. The predicted molar refractivity (Wildman–Crippen MR) is 133 cm³/mol. The van der Waals surface area contributed by atoms with Gasteiger partial charge >= 0.3 is 5.97 Å². The number of allylic oxidation sites excluding steroid dienone is 2. The Labute approximate surface area is 207 Å². The van der Waals surface area contributed by atoms with Gasteiger partial charge in [0.1, 0.15) is 5.75 Å². The molecule has 36 heavy (non-hydrogen) atoms. The Balaban J connectivity index is 1.21. The summed E-state index contributed by atoms with van der Waals surface area (Å²) in [4.78, 5) is 53.7. The van der Waals surface area contributed by atoms with Crippen LogP contribution in [0.1, 0.15) is 34.1 Å². The molecule has 3 aromatic carbocycles. The number of nitrogens with zero attached hydrogens (tertiary/aromatic N) is 1. The molecule has 3 aromatic rings. The maximum atomic E-state index is 13.5. The first kappa shape index (κ1) is 21.2. The molecule has 6 heteroatoms. The first-order chi connectivity index (χ1) is 17.4. The average molecular weight is 478 g/mol. The highest BCUT2D eigenvalue weighted by atomic mass is 16.5. The van der Waals surface area contributed by atoms with E-state index in [0.29, 0.717) is 28.5 Å². The SMILES string of the molecule is CC(=O)c1ccc2ccccc2c1OC(=O)c1cccc(N2C(=O)[C@@H]3[C@H]4C=C[C@@H]([C@@H]5C[C@H]45)[C@@H]3C2=O)c1. The molecule has 0 unspecified atom stereocenters. The van der Waals surface area contributed by atoms with E-state index in [-0.39, 0.29) is 52.6 Å². The summed E-state index contributed by atoms with van der Waals surface area (Å²) in [5.74, 6) is -0.303. The van der Waals surface area contributed by atoms with Crippen LogP contribution in [0.15, 0.2) is 72.8 Å². The van der Waals surface area contributed by atoms with Crippen LogP contribution in [-0.2, 0) is 9.59 Å². The van der Waals surface area contributed by atoms with Crippen LogP contribution in [0.3, 0.4) is 0 Å². The molecule has 1 aliphatic heterocycles. The number of ether oxygens (including phenoxy) is 1. The van der Waals surface area contributed by atoms with Gasteiger partial charge in [-0.3, -0.25) is 14.4 Å². The van der Waals surface area contributed by atoms with Crippen LogP contribution >= 0.6 is 0 Å². The summed E-state index contributed by atoms with van der Waals surface area (Å²) in [6.45, 7) is 1.43. The standard InChI is InChI=1S/C30H23NO5/c1-15(32)19-10-9-16-5-2-3-8-20(16)27(19)36-30(35)17-6-4-7-18(13-17)31-28(33)25-21-11-12-22(24-14-23(21)24)26(25)29(31)34/h2-13,21-26H,14H2,1H3/t21-,22-,23-,24+,25-,26+/m0/s1. The second-order valence-electron chi connectivity index (χ2n) is 10.3. The molecule has 2 saturated carbocycles. The number of fused-ring (bicyclic) bond motifs is 1. The molecule has 0 radical (unpaired) electrons. The fourth-order valence-corrected chi connectivity index (χ4v) is 6.77. The molecule has 1 saturated heterocycles. The van der Waals surface area contributed by atoms with Gasteiger partial charge in [-0.15, -0.1) is 0 Å². The lowest BCUT2D eigenvalue weighted by atomic mass is 9.63. The van der Waals surface area contributed by atoms with E-state index in [2.05, 4.69) is 12.2 Å². The fraction of sp³-hybridized carbons (Fsp3) is 0.267. The van der Waals surface area contributed by atoms with E-state index in [4.69, 9.17) is 4.74 Å². The summed E-state index contributed by atoms with van der Waals surface area (Å²) >= 11 is 0. The number of imide groups is 1. The van der Waals surface area contributed by atoms with Crippen molar-refractivity contribution in [2.24, 2.45) is 35.5 Å². The minimum Gasteiger partial charge on any atom is -0.421 e. The topological polar surface area (TPSA) is 80.8 Å². The van der Waals surface area contributed by atoms with Crippen molar-refractivity contribution in [3.05, 3.63) is 83.9 Å². The highest BCUT2D eigenvalue weighted by molar-refractivity contribution is 6.23. The zero-order valence-electron chi connectivity index (χ0n) is 19.6. The Morgan fingerprint density at radius 1 is 0.861 bits per heavy atom. The Morgan fingerprint density at radius 2 is 1.56 bits per heavy atom. The van der Waals surface area contributed by atoms with Crippen molar-refractivity contribution in [3.63, 3.8) is 0 Å². The Hall–Kier alpha value is -4.06. The third-order valence-corrected chi connectivity index (χ3v) is 8.46. The van der Waals surface area contributed by atoms with Crippen LogP contribution in [0.2, 0.25) is 0 Å². The molecule has 4 aliphatic carbocycles. The number of carbonyl (C=O) groups is 4. The van der Waals surface area contributed by atoms with Gasteiger partial charge < -0.3 is 4.74 Å². The molecule has 5 aliphatic rings. The Morgan fingerprint density at radius 3 is 2.25 bits per heavy atom. The fourth-order valence-electron chi connectivity index (χ4n) is 6.77. The highest BCUT2D eigenvalue weighted by Gasteiger charge is 2.67. The molecular weight excluding hydrogens is 454 g/mol. The summed E-state index contributed by atoms with van der Waals surface area (Å²) in [5.41, 5.74) is 0.898. The zero-order chi connectivity index (χ0) is 24.7. The summed E-state index contributed by atoms with van der Waals surface area (Å²) in [6, 6.07) is 17.3. The number of hydrogen-bond donors (Lipinski definition) is 0. The molecule has 6 nitrogen and oxygen atoms in total. The molecular formula is C30H23NO5. The number of amides is 2. The van der Waals surface area contributed by atoms with Crippen LogP contribution in [-0.4, -0.2) is 23.6 Å². The first-order valence-corrected chi connectivity index (χ1v) is 12.3. The van der Waals surface area contributed by atoms with Gasteiger partial charge in [-0.2, -0.15) is 0 Å². The summed E-state index contributed by atoms with van der Waals surface area (Å²) in [7, 11) is 0. The predicted octanol–water partition coefficient (Wildman–Crippen LogP) is 4.82. The molecule has 6 atom stereocenters. The third-order valence-electron chi connectivity index (χ3n) is 8.46. The van der Waals surface area contributed by atoms with Gasteiger partial charge in [0.15, 0.2) is 5.78 Å². The molecule has 1 heterocycles. The lowest BCUT2D eigenvalue weighted by Crippen LogP contribution is -2.40. The number of carbonyl (C=O) groups excluding carboxylic acids is 4. The third kappa shape index (κ3) is 2.90. The number of rotatable bonds is 4. The molecule has 2 bridgehead atoms. The molecule has 178 valence electrons. The molecule has 0 spiro atoms. The maximum Gasteiger partial charge on any atom is 0.343 e. The number of benzene rings is 3. The molecule has 8 rings (SSSR count). The average Bonchev–Trinajstić information content (AvgIpc) is 3.67. The van der Waals surface area contributed by atoms with Crippen molar-refractivity contribution in [1.82, 2.24) is 0 Å². The second kappa shape index (κ2) is 7.47. The maximum absolute atomic E-state index is 13.5. The van der Waals surface area contributed by atoms with Gasteiger partial charge in [0, 0.05) is 5.39 Å². The van der Waals surface area contributed by atoms with E-state index in [1.165, 1.54) is 17.9 Å². The van der Waals surface area contributed by atoms with Crippen LogP contribution in [0.4, 0.5) is 5.69 Å². The lowest BCUT2D eigenvalue weighted by Gasteiger charge is -2.37. The van der Waals surface area contributed by atoms with E-state index < -0.39 is 5.97 Å². The molecule has 0 N–H and O–H groups in total.